The Hall–Kier alpha value is -4.52. The molecule has 208 valence electrons. The summed E-state index contributed by atoms with van der Waals surface area (Å²) in [5.74, 6) is -0.900. The fraction of sp³-hybridized carbons (Fsp3) is 0.312. The zero-order valence-electron chi connectivity index (χ0n) is 22.8. The third-order valence-corrected chi connectivity index (χ3v) is 8.37. The van der Waals surface area contributed by atoms with E-state index in [2.05, 4.69) is 52.8 Å². The summed E-state index contributed by atoms with van der Waals surface area (Å²) >= 11 is 0. The first-order chi connectivity index (χ1) is 19.8. The fourth-order valence-electron chi connectivity index (χ4n) is 6.09. The van der Waals surface area contributed by atoms with E-state index in [1.165, 1.54) is 21.6 Å². The number of fused-ring (bicyclic) bond motifs is 1. The maximum Gasteiger partial charge on any atom is 0.257 e. The molecule has 3 aliphatic rings. The molecule has 9 heteroatoms. The Kier molecular flexibility index (Phi) is 7.03. The van der Waals surface area contributed by atoms with Crippen molar-refractivity contribution in [1.82, 2.24) is 15.1 Å². The summed E-state index contributed by atoms with van der Waals surface area (Å²) in [5, 5.41) is 25.9. The summed E-state index contributed by atoms with van der Waals surface area (Å²) < 4.78 is 0. The number of carbonyl (C=O) groups is 3. The van der Waals surface area contributed by atoms with E-state index in [4.69, 9.17) is 5.26 Å². The maximum absolute atomic E-state index is 13.1. The van der Waals surface area contributed by atoms with Crippen molar-refractivity contribution in [2.45, 2.75) is 51.0 Å². The number of imide groups is 1. The van der Waals surface area contributed by atoms with Gasteiger partial charge in [0.15, 0.2) is 6.23 Å². The number of aryl methyl sites for hydroxylation is 1. The fourth-order valence-corrected chi connectivity index (χ4v) is 6.09. The average Bonchev–Trinajstić information content (AvgIpc) is 3.20. The Bertz CT molecular complexity index is 1590. The Balaban J connectivity index is 1.09. The lowest BCUT2D eigenvalue weighted by molar-refractivity contribution is -0.139. The van der Waals surface area contributed by atoms with Crippen molar-refractivity contribution in [3.63, 3.8) is 0 Å². The van der Waals surface area contributed by atoms with Crippen LogP contribution in [0.25, 0.3) is 0 Å². The van der Waals surface area contributed by atoms with Gasteiger partial charge >= 0.3 is 0 Å². The van der Waals surface area contributed by atoms with Gasteiger partial charge in [-0.05, 0) is 59.9 Å². The molecule has 0 spiro atoms. The summed E-state index contributed by atoms with van der Waals surface area (Å²) in [5.41, 5.74) is 6.88. The van der Waals surface area contributed by atoms with Gasteiger partial charge in [0.2, 0.25) is 11.8 Å². The summed E-state index contributed by atoms with van der Waals surface area (Å²) in [7, 11) is 0. The number of piperidine rings is 1. The molecule has 2 fully saturated rings. The van der Waals surface area contributed by atoms with E-state index >= 15 is 0 Å². The molecular weight excluding hydrogens is 518 g/mol. The number of carbonyl (C=O) groups excluding carboxylic acids is 3. The van der Waals surface area contributed by atoms with Crippen molar-refractivity contribution in [3.05, 3.63) is 99.6 Å². The third-order valence-electron chi connectivity index (χ3n) is 8.37. The van der Waals surface area contributed by atoms with Crippen LogP contribution in [-0.2, 0) is 22.7 Å². The summed E-state index contributed by atoms with van der Waals surface area (Å²) in [6.45, 7) is 5.40. The number of anilines is 1. The molecule has 0 saturated carbocycles. The van der Waals surface area contributed by atoms with E-state index in [1.54, 1.807) is 12.1 Å². The van der Waals surface area contributed by atoms with Crippen LogP contribution >= 0.6 is 0 Å². The van der Waals surface area contributed by atoms with Crippen molar-refractivity contribution in [2.24, 2.45) is 0 Å². The first-order valence-corrected chi connectivity index (χ1v) is 13.8. The monoisotopic (exact) mass is 549 g/mol. The van der Waals surface area contributed by atoms with Crippen LogP contribution in [0.15, 0.2) is 60.7 Å². The molecule has 0 aromatic heterocycles. The average molecular weight is 550 g/mol. The number of nitrogens with zero attached hydrogens (tertiary/aromatic N) is 3. The number of likely N-dealkylation sites (tertiary alicyclic amines) is 1. The van der Waals surface area contributed by atoms with Crippen molar-refractivity contribution < 1.29 is 19.5 Å². The van der Waals surface area contributed by atoms with Crippen LogP contribution in [-0.4, -0.2) is 51.8 Å². The molecule has 3 N–H and O–H groups in total. The predicted molar refractivity (Wildman–Crippen MR) is 151 cm³/mol. The standard InChI is InChI=1S/C32H31N5O4/c1-19-12-21(8-9-23(19)16-36-17-24(18-36)22-5-2-4-20(13-22)14-33)15-34-26-7-3-6-25-29(26)32(41)37(31(25)40)27-10-11-28(38)35-30(27)39/h2-9,12-13,24,27,32,34,41H,10-11,15-18H2,1H3,(H,35,38,39). The normalized spacial score (nSPS) is 20.8. The molecule has 3 aromatic rings. The van der Waals surface area contributed by atoms with Crippen LogP contribution in [0.4, 0.5) is 5.69 Å². The first-order valence-electron chi connectivity index (χ1n) is 13.8. The molecule has 3 aliphatic heterocycles. The molecule has 9 nitrogen and oxygen atoms in total. The van der Waals surface area contributed by atoms with Gasteiger partial charge in [0, 0.05) is 55.3 Å². The van der Waals surface area contributed by atoms with E-state index in [-0.39, 0.29) is 18.7 Å². The third kappa shape index (κ3) is 5.08. The Labute approximate surface area is 238 Å². The molecule has 2 saturated heterocycles. The van der Waals surface area contributed by atoms with Crippen LogP contribution in [0.2, 0.25) is 0 Å². The molecule has 3 amide bonds. The van der Waals surface area contributed by atoms with Gasteiger partial charge in [-0.25, -0.2) is 0 Å². The van der Waals surface area contributed by atoms with Gasteiger partial charge in [-0.3, -0.25) is 29.5 Å². The number of aliphatic hydroxyl groups excluding tert-OH is 1. The van der Waals surface area contributed by atoms with E-state index in [0.29, 0.717) is 34.8 Å². The van der Waals surface area contributed by atoms with Gasteiger partial charge in [-0.1, -0.05) is 36.4 Å². The van der Waals surface area contributed by atoms with Crippen molar-refractivity contribution in [1.29, 1.82) is 5.26 Å². The highest BCUT2D eigenvalue weighted by Gasteiger charge is 2.45. The number of rotatable bonds is 7. The van der Waals surface area contributed by atoms with E-state index in [1.807, 2.05) is 24.3 Å². The van der Waals surface area contributed by atoms with Crippen LogP contribution in [0.1, 0.15) is 68.7 Å². The Morgan fingerprint density at radius 1 is 1.07 bits per heavy atom. The second kappa shape index (κ2) is 10.8. The minimum Gasteiger partial charge on any atom is -0.381 e. The van der Waals surface area contributed by atoms with Crippen molar-refractivity contribution >= 4 is 23.4 Å². The largest absolute Gasteiger partial charge is 0.381 e. The second-order valence-electron chi connectivity index (χ2n) is 11.1. The minimum atomic E-state index is -1.28. The minimum absolute atomic E-state index is 0.123. The maximum atomic E-state index is 13.1. The highest BCUT2D eigenvalue weighted by atomic mass is 16.3. The Morgan fingerprint density at radius 3 is 2.63 bits per heavy atom. The molecule has 3 aromatic carbocycles. The molecule has 3 heterocycles. The molecule has 0 radical (unpaired) electrons. The summed E-state index contributed by atoms with van der Waals surface area (Å²) in [6, 6.07) is 20.8. The number of nitriles is 1. The summed E-state index contributed by atoms with van der Waals surface area (Å²) in [6.07, 6.45) is -0.974. The van der Waals surface area contributed by atoms with Crippen molar-refractivity contribution in [3.8, 4) is 6.07 Å². The number of aliphatic hydroxyl groups is 1. The second-order valence-corrected chi connectivity index (χ2v) is 11.1. The zero-order chi connectivity index (χ0) is 28.7. The van der Waals surface area contributed by atoms with Gasteiger partial charge in [0.1, 0.15) is 6.04 Å². The van der Waals surface area contributed by atoms with Crippen molar-refractivity contribution in [2.75, 3.05) is 18.4 Å². The smallest absolute Gasteiger partial charge is 0.257 e. The quantitative estimate of drug-likeness (QED) is 0.386. The highest BCUT2D eigenvalue weighted by molar-refractivity contribution is 6.06. The number of nitrogens with one attached hydrogen (secondary N) is 2. The molecule has 0 aliphatic carbocycles. The van der Waals surface area contributed by atoms with Crippen LogP contribution < -0.4 is 10.6 Å². The first kappa shape index (κ1) is 26.7. The molecule has 2 atom stereocenters. The Morgan fingerprint density at radius 2 is 1.88 bits per heavy atom. The van der Waals surface area contributed by atoms with Gasteiger partial charge in [0.25, 0.3) is 5.91 Å². The number of benzene rings is 3. The lowest BCUT2D eigenvalue weighted by Gasteiger charge is -2.40. The zero-order valence-corrected chi connectivity index (χ0v) is 22.8. The van der Waals surface area contributed by atoms with E-state index in [0.717, 1.165) is 25.2 Å². The lowest BCUT2D eigenvalue weighted by Crippen LogP contribution is -2.53. The van der Waals surface area contributed by atoms with E-state index < -0.39 is 24.1 Å². The van der Waals surface area contributed by atoms with Gasteiger partial charge in [-0.2, -0.15) is 5.26 Å². The van der Waals surface area contributed by atoms with Crippen LogP contribution in [0.5, 0.6) is 0 Å². The number of hydrogen-bond acceptors (Lipinski definition) is 7. The molecular formula is C32H31N5O4. The molecule has 2 unspecified atom stereocenters. The number of hydrogen-bond donors (Lipinski definition) is 3. The SMILES string of the molecule is Cc1cc(CNc2cccc3c2C(O)N(C2CCC(=O)NC2=O)C3=O)ccc1CN1CC(c2cccc(C#N)c2)C1. The van der Waals surface area contributed by atoms with Gasteiger partial charge in [0.05, 0.1) is 11.6 Å². The number of amides is 3. The van der Waals surface area contributed by atoms with E-state index in [9.17, 15) is 19.5 Å². The van der Waals surface area contributed by atoms with Gasteiger partial charge < -0.3 is 10.4 Å². The van der Waals surface area contributed by atoms with Crippen LogP contribution in [0, 0.1) is 18.3 Å². The molecule has 41 heavy (non-hydrogen) atoms. The molecule has 0 bridgehead atoms. The topological polar surface area (TPSA) is 126 Å². The summed E-state index contributed by atoms with van der Waals surface area (Å²) in [4.78, 5) is 40.7. The van der Waals surface area contributed by atoms with Crippen LogP contribution in [0.3, 0.4) is 0 Å². The predicted octanol–water partition coefficient (Wildman–Crippen LogP) is 3.33. The molecule has 6 rings (SSSR count). The highest BCUT2D eigenvalue weighted by Crippen LogP contribution is 2.39. The lowest BCUT2D eigenvalue weighted by atomic mass is 9.90. The van der Waals surface area contributed by atoms with Gasteiger partial charge in [-0.15, -0.1) is 0 Å².